The van der Waals surface area contributed by atoms with Crippen LogP contribution in [0.2, 0.25) is 0 Å². The lowest BCUT2D eigenvalue weighted by Gasteiger charge is -2.67. The van der Waals surface area contributed by atoms with Crippen molar-refractivity contribution in [2.75, 3.05) is 0 Å². The van der Waals surface area contributed by atoms with Crippen molar-refractivity contribution in [3.8, 4) is 0 Å². The normalized spacial score (nSPS) is 47.0. The number of aromatic amines is 1. The number of aromatic nitrogens is 1. The monoisotopic (exact) mass is 497 g/mol. The topological polar surface area (TPSA) is 65.2 Å². The molecule has 2 aromatic rings. The number of nitrogens with zero attached hydrogens (tertiary/aromatic N) is 1. The zero-order valence-electron chi connectivity index (χ0n) is 21.8. The van der Waals surface area contributed by atoms with Crippen LogP contribution in [0.4, 0.5) is 0 Å². The second-order valence-corrected chi connectivity index (χ2v) is 14.8. The Balaban J connectivity index is 1.17. The van der Waals surface area contributed by atoms with E-state index in [2.05, 4.69) is 39.6 Å². The lowest BCUT2D eigenvalue weighted by Crippen LogP contribution is -2.78. The van der Waals surface area contributed by atoms with Crippen molar-refractivity contribution in [2.24, 2.45) is 35.5 Å². The Kier molecular flexibility index (Phi) is 4.09. The number of carbonyl (C=O) groups is 2. The molecule has 8 saturated carbocycles. The molecule has 0 spiro atoms. The van der Waals surface area contributed by atoms with Crippen LogP contribution in [0.25, 0.3) is 10.9 Å². The summed E-state index contributed by atoms with van der Waals surface area (Å²) in [6, 6.07) is 8.36. The molecular formula is C32H39N3O2. The first-order valence-electron chi connectivity index (χ1n) is 15.2. The molecule has 9 fully saturated rings. The smallest absolute Gasteiger partial charge is 0.251 e. The van der Waals surface area contributed by atoms with Gasteiger partial charge in [0.25, 0.3) is 5.91 Å². The summed E-state index contributed by atoms with van der Waals surface area (Å²) >= 11 is 0. The fourth-order valence-corrected chi connectivity index (χ4v) is 12.0. The van der Waals surface area contributed by atoms with Crippen LogP contribution >= 0.6 is 0 Å². The Morgan fingerprint density at radius 1 is 0.811 bits per heavy atom. The fourth-order valence-electron chi connectivity index (χ4n) is 12.0. The standard InChI is InChI=1S/C32H39N3O2/c36-28-17-32(26-18-33-27-4-2-1-3-25(26)27,35(28)31-14-22-8-23(15-31)10-24(9-22)16-31)29(37)34-30-11-19-5-20(12-30)7-21(6-19)13-30/h1-4,18-24,33H,5-17H2,(H,34,37). The quantitative estimate of drug-likeness (QED) is 0.536. The van der Waals surface area contributed by atoms with Crippen molar-refractivity contribution in [3.05, 3.63) is 36.0 Å². The number of amides is 2. The van der Waals surface area contributed by atoms with Crippen molar-refractivity contribution >= 4 is 22.7 Å². The van der Waals surface area contributed by atoms with Crippen LogP contribution in [-0.2, 0) is 15.1 Å². The highest BCUT2D eigenvalue weighted by Gasteiger charge is 2.68. The summed E-state index contributed by atoms with van der Waals surface area (Å²) in [5.74, 6) is 4.83. The van der Waals surface area contributed by atoms with E-state index in [1.54, 1.807) is 0 Å². The van der Waals surface area contributed by atoms with Crippen LogP contribution in [0.15, 0.2) is 30.5 Å². The number of hydrogen-bond donors (Lipinski definition) is 2. The van der Waals surface area contributed by atoms with E-state index in [0.717, 1.165) is 90.5 Å². The van der Waals surface area contributed by atoms with Gasteiger partial charge in [-0.05, 0) is 119 Å². The number of H-pyrrole nitrogens is 1. The molecule has 8 bridgehead atoms. The lowest BCUT2D eigenvalue weighted by atomic mass is 9.50. The van der Waals surface area contributed by atoms with Gasteiger partial charge in [-0.25, -0.2) is 0 Å². The molecule has 1 saturated heterocycles. The highest BCUT2D eigenvalue weighted by Crippen LogP contribution is 2.63. The van der Waals surface area contributed by atoms with Crippen molar-refractivity contribution in [1.82, 2.24) is 15.2 Å². The van der Waals surface area contributed by atoms with Crippen LogP contribution in [0, 0.1) is 35.5 Å². The number of rotatable bonds is 4. The maximum Gasteiger partial charge on any atom is 0.251 e. The number of carbonyl (C=O) groups excluding carboxylic acids is 2. The third-order valence-electron chi connectivity index (χ3n) is 12.3. The molecule has 0 radical (unpaired) electrons. The Morgan fingerprint density at radius 2 is 1.35 bits per heavy atom. The maximum atomic E-state index is 14.9. The van der Waals surface area contributed by atoms with Crippen molar-refractivity contribution in [2.45, 2.75) is 100 Å². The first kappa shape index (κ1) is 21.6. The van der Waals surface area contributed by atoms with Crippen LogP contribution < -0.4 is 5.32 Å². The number of likely N-dealkylation sites (tertiary alicyclic amines) is 1. The molecule has 1 aromatic heterocycles. The van der Waals surface area contributed by atoms with Gasteiger partial charge in [-0.3, -0.25) is 9.59 Å². The van der Waals surface area contributed by atoms with Crippen molar-refractivity contribution in [3.63, 3.8) is 0 Å². The lowest BCUT2D eigenvalue weighted by molar-refractivity contribution is -0.201. The second-order valence-electron chi connectivity index (χ2n) is 14.8. The molecule has 1 aromatic carbocycles. The minimum atomic E-state index is -0.883. The van der Waals surface area contributed by atoms with E-state index >= 15 is 0 Å². The summed E-state index contributed by atoms with van der Waals surface area (Å²) in [4.78, 5) is 34.4. The van der Waals surface area contributed by atoms with Gasteiger partial charge >= 0.3 is 0 Å². The largest absolute Gasteiger partial charge is 0.361 e. The molecule has 9 aliphatic rings. The molecule has 1 aliphatic heterocycles. The minimum Gasteiger partial charge on any atom is -0.361 e. The number of fused-ring (bicyclic) bond motifs is 1. The van der Waals surface area contributed by atoms with Gasteiger partial charge in [0.15, 0.2) is 5.54 Å². The molecule has 5 nitrogen and oxygen atoms in total. The summed E-state index contributed by atoms with van der Waals surface area (Å²) in [6.07, 6.45) is 17.2. The van der Waals surface area contributed by atoms with E-state index in [-0.39, 0.29) is 22.9 Å². The first-order chi connectivity index (χ1) is 17.9. The van der Waals surface area contributed by atoms with Gasteiger partial charge in [0.1, 0.15) is 0 Å². The number of benzene rings is 1. The van der Waals surface area contributed by atoms with E-state index in [0.29, 0.717) is 6.42 Å². The van der Waals surface area contributed by atoms with E-state index in [1.165, 1.54) is 38.5 Å². The van der Waals surface area contributed by atoms with Crippen LogP contribution in [0.5, 0.6) is 0 Å². The molecule has 2 amide bonds. The molecule has 1 atom stereocenters. The molecule has 194 valence electrons. The molecule has 11 rings (SSSR count). The van der Waals surface area contributed by atoms with Crippen LogP contribution in [0.3, 0.4) is 0 Å². The molecule has 1 unspecified atom stereocenters. The third kappa shape index (κ3) is 2.81. The molecule has 2 N–H and O–H groups in total. The zero-order chi connectivity index (χ0) is 24.6. The molecule has 8 aliphatic carbocycles. The number of β-lactam (4-membered cyclic amide) rings is 1. The van der Waals surface area contributed by atoms with Gasteiger partial charge in [-0.1, -0.05) is 18.2 Å². The Labute approximate surface area is 219 Å². The summed E-state index contributed by atoms with van der Waals surface area (Å²) < 4.78 is 0. The Morgan fingerprint density at radius 3 is 1.92 bits per heavy atom. The minimum absolute atomic E-state index is 0.0588. The van der Waals surface area contributed by atoms with E-state index < -0.39 is 5.54 Å². The van der Waals surface area contributed by atoms with E-state index in [1.807, 2.05) is 6.07 Å². The predicted octanol–water partition coefficient (Wildman–Crippen LogP) is 5.65. The Bertz CT molecular complexity index is 1250. The van der Waals surface area contributed by atoms with Crippen LogP contribution in [-0.4, -0.2) is 32.8 Å². The van der Waals surface area contributed by atoms with Gasteiger partial charge in [0.2, 0.25) is 5.91 Å². The highest BCUT2D eigenvalue weighted by molar-refractivity contribution is 6.06. The SMILES string of the molecule is O=C1CC(C(=O)NC23CC4CC(CC(C4)C2)C3)(c2c[nH]c3ccccc23)N1C12CC3CC(CC(C3)C1)C2. The summed E-state index contributed by atoms with van der Waals surface area (Å²) in [6.45, 7) is 0. The van der Waals surface area contributed by atoms with Gasteiger partial charge in [-0.2, -0.15) is 0 Å². The summed E-state index contributed by atoms with van der Waals surface area (Å²) in [5.41, 5.74) is 1.01. The van der Waals surface area contributed by atoms with E-state index in [4.69, 9.17) is 0 Å². The van der Waals surface area contributed by atoms with Crippen molar-refractivity contribution < 1.29 is 9.59 Å². The number of nitrogens with one attached hydrogen (secondary N) is 2. The average molecular weight is 498 g/mol. The van der Waals surface area contributed by atoms with Gasteiger partial charge in [0, 0.05) is 33.7 Å². The van der Waals surface area contributed by atoms with Crippen LogP contribution in [0.1, 0.15) is 89.0 Å². The van der Waals surface area contributed by atoms with Gasteiger partial charge < -0.3 is 15.2 Å². The number of para-hydroxylation sites is 1. The van der Waals surface area contributed by atoms with Gasteiger partial charge in [0.05, 0.1) is 6.42 Å². The summed E-state index contributed by atoms with van der Waals surface area (Å²) in [5, 5.41) is 4.86. The zero-order valence-corrected chi connectivity index (χ0v) is 21.8. The second kappa shape index (κ2) is 7.01. The average Bonchev–Trinajstić information content (AvgIpc) is 3.24. The first-order valence-corrected chi connectivity index (χ1v) is 15.2. The predicted molar refractivity (Wildman–Crippen MR) is 141 cm³/mol. The number of hydrogen-bond acceptors (Lipinski definition) is 2. The fraction of sp³-hybridized carbons (Fsp3) is 0.688. The molecule has 5 heteroatoms. The summed E-state index contributed by atoms with van der Waals surface area (Å²) in [7, 11) is 0. The molecule has 2 heterocycles. The Hall–Kier alpha value is -2.30. The third-order valence-corrected chi connectivity index (χ3v) is 12.3. The van der Waals surface area contributed by atoms with Crippen molar-refractivity contribution in [1.29, 1.82) is 0 Å². The molecular weight excluding hydrogens is 458 g/mol. The molecule has 37 heavy (non-hydrogen) atoms. The maximum absolute atomic E-state index is 14.9. The highest BCUT2D eigenvalue weighted by atomic mass is 16.2. The van der Waals surface area contributed by atoms with E-state index in [9.17, 15) is 9.59 Å². The van der Waals surface area contributed by atoms with Gasteiger partial charge in [-0.15, -0.1) is 0 Å².